The fourth-order valence-corrected chi connectivity index (χ4v) is 5.76. The number of rotatable bonds is 2. The largest absolute Gasteiger partial charge is 0.364 e. The number of fused-ring (bicyclic) bond motifs is 1. The summed E-state index contributed by atoms with van der Waals surface area (Å²) in [6.45, 7) is 0.971. The number of sulfone groups is 1. The van der Waals surface area contributed by atoms with Crippen LogP contribution in [0.4, 0.5) is 0 Å². The number of nitrogens with one attached hydrogen (secondary N) is 1. The van der Waals surface area contributed by atoms with Crippen LogP contribution in [0.1, 0.15) is 41.2 Å². The molecular formula is C14H18N2O3S. The number of aromatic amines is 1. The van der Waals surface area contributed by atoms with E-state index in [9.17, 15) is 13.2 Å². The number of likely N-dealkylation sites (tertiary alicyclic amines) is 1. The summed E-state index contributed by atoms with van der Waals surface area (Å²) in [4.78, 5) is 17.5. The van der Waals surface area contributed by atoms with Crippen molar-refractivity contribution >= 4 is 15.7 Å². The molecule has 4 rings (SSSR count). The number of H-pyrrole nitrogens is 1. The van der Waals surface area contributed by atoms with Crippen molar-refractivity contribution in [2.24, 2.45) is 5.92 Å². The number of carbonyl (C=O) groups excluding carboxylic acids is 1. The second kappa shape index (κ2) is 4.10. The number of nitrogens with zero attached hydrogens (tertiary/aromatic N) is 1. The molecule has 0 bridgehead atoms. The van der Waals surface area contributed by atoms with Gasteiger partial charge in [0.1, 0.15) is 0 Å². The minimum Gasteiger partial charge on any atom is -0.364 e. The molecule has 3 aliphatic rings. The number of amides is 1. The molecular weight excluding hydrogens is 276 g/mol. The van der Waals surface area contributed by atoms with Crippen LogP contribution in [-0.2, 0) is 9.84 Å². The van der Waals surface area contributed by atoms with Gasteiger partial charge in [0.25, 0.3) is 5.91 Å². The van der Waals surface area contributed by atoms with Gasteiger partial charge in [-0.1, -0.05) is 0 Å². The molecule has 20 heavy (non-hydrogen) atoms. The van der Waals surface area contributed by atoms with Crippen LogP contribution in [0.15, 0.2) is 12.3 Å². The fourth-order valence-electron chi connectivity index (χ4n) is 3.61. The zero-order valence-electron chi connectivity index (χ0n) is 11.2. The minimum atomic E-state index is -2.97. The Hall–Kier alpha value is -1.30. The summed E-state index contributed by atoms with van der Waals surface area (Å²) in [6.07, 6.45) is 4.80. The first kappa shape index (κ1) is 12.4. The highest BCUT2D eigenvalue weighted by molar-refractivity contribution is 7.92. The predicted molar refractivity (Wildman–Crippen MR) is 74.4 cm³/mol. The molecule has 0 spiro atoms. The normalized spacial score (nSPS) is 31.5. The Morgan fingerprint density at radius 1 is 1.25 bits per heavy atom. The molecule has 2 aliphatic heterocycles. The number of hydrogen-bond acceptors (Lipinski definition) is 3. The van der Waals surface area contributed by atoms with Crippen molar-refractivity contribution in [1.29, 1.82) is 0 Å². The lowest BCUT2D eigenvalue weighted by molar-refractivity contribution is 0.0785. The van der Waals surface area contributed by atoms with Gasteiger partial charge in [-0.2, -0.15) is 0 Å². The maximum absolute atomic E-state index is 12.6. The summed E-state index contributed by atoms with van der Waals surface area (Å²) in [5.74, 6) is 0.932. The highest BCUT2D eigenvalue weighted by Gasteiger charge is 2.47. The molecule has 2 saturated heterocycles. The second-order valence-electron chi connectivity index (χ2n) is 6.24. The maximum atomic E-state index is 12.6. The molecule has 0 aromatic carbocycles. The molecule has 1 saturated carbocycles. The van der Waals surface area contributed by atoms with Crippen molar-refractivity contribution in [3.63, 3.8) is 0 Å². The second-order valence-corrected chi connectivity index (χ2v) is 8.58. The summed E-state index contributed by atoms with van der Waals surface area (Å²) in [6, 6.07) is 1.83. The zero-order valence-corrected chi connectivity index (χ0v) is 12.0. The van der Waals surface area contributed by atoms with Crippen molar-refractivity contribution in [1.82, 2.24) is 9.88 Å². The van der Waals surface area contributed by atoms with Crippen LogP contribution in [0, 0.1) is 5.92 Å². The van der Waals surface area contributed by atoms with E-state index >= 15 is 0 Å². The Labute approximate surface area is 118 Å². The van der Waals surface area contributed by atoms with Crippen molar-refractivity contribution in [2.45, 2.75) is 30.4 Å². The monoisotopic (exact) mass is 294 g/mol. The van der Waals surface area contributed by atoms with Crippen LogP contribution in [0.2, 0.25) is 0 Å². The first-order chi connectivity index (χ1) is 9.56. The average molecular weight is 294 g/mol. The standard InChI is InChI=1S/C14H18N2O3S/c17-14(11-3-5-15-13(11)9-1-2-9)16-7-10-4-6-20(18,19)12(10)8-16/h3,5,9-10,12,15H,1-2,4,6-8H2/t10-,12+/m0/s1. The molecule has 3 heterocycles. The van der Waals surface area contributed by atoms with Gasteiger partial charge >= 0.3 is 0 Å². The molecule has 1 aromatic rings. The van der Waals surface area contributed by atoms with Gasteiger partial charge in [-0.3, -0.25) is 4.79 Å². The van der Waals surface area contributed by atoms with Crippen LogP contribution in [0.3, 0.4) is 0 Å². The van der Waals surface area contributed by atoms with E-state index < -0.39 is 9.84 Å². The SMILES string of the molecule is O=C(c1cc[nH]c1C1CC1)N1C[C@@H]2CCS(=O)(=O)[C@@H]2C1. The van der Waals surface area contributed by atoms with Crippen LogP contribution in [-0.4, -0.2) is 48.3 Å². The van der Waals surface area contributed by atoms with Crippen molar-refractivity contribution in [3.8, 4) is 0 Å². The van der Waals surface area contributed by atoms with Gasteiger partial charge in [0.2, 0.25) is 0 Å². The van der Waals surface area contributed by atoms with E-state index in [1.54, 1.807) is 4.90 Å². The van der Waals surface area contributed by atoms with Gasteiger partial charge in [-0.15, -0.1) is 0 Å². The lowest BCUT2D eigenvalue weighted by atomic mass is 10.1. The molecule has 5 nitrogen and oxygen atoms in total. The zero-order chi connectivity index (χ0) is 13.9. The molecule has 6 heteroatoms. The van der Waals surface area contributed by atoms with E-state index in [2.05, 4.69) is 4.98 Å². The molecule has 2 atom stereocenters. The molecule has 0 unspecified atom stereocenters. The first-order valence-electron chi connectivity index (χ1n) is 7.24. The van der Waals surface area contributed by atoms with Crippen LogP contribution < -0.4 is 0 Å². The molecule has 0 radical (unpaired) electrons. The van der Waals surface area contributed by atoms with E-state index in [4.69, 9.17) is 0 Å². The van der Waals surface area contributed by atoms with E-state index in [0.717, 1.165) is 24.1 Å². The third kappa shape index (κ3) is 1.81. The first-order valence-corrected chi connectivity index (χ1v) is 8.96. The Kier molecular flexibility index (Phi) is 2.55. The Balaban J connectivity index is 1.57. The Morgan fingerprint density at radius 3 is 2.75 bits per heavy atom. The minimum absolute atomic E-state index is 0.00208. The van der Waals surface area contributed by atoms with Crippen LogP contribution in [0.5, 0.6) is 0 Å². The smallest absolute Gasteiger partial charge is 0.255 e. The fraction of sp³-hybridized carbons (Fsp3) is 0.643. The van der Waals surface area contributed by atoms with Gasteiger partial charge in [0.15, 0.2) is 9.84 Å². The van der Waals surface area contributed by atoms with E-state index in [0.29, 0.717) is 31.2 Å². The molecule has 108 valence electrons. The molecule has 1 N–H and O–H groups in total. The predicted octanol–water partition coefficient (Wildman–Crippen LogP) is 1.15. The highest BCUT2D eigenvalue weighted by Crippen LogP contribution is 2.41. The molecule has 1 amide bonds. The third-order valence-corrected chi connectivity index (χ3v) is 7.16. The number of aromatic nitrogens is 1. The number of hydrogen-bond donors (Lipinski definition) is 1. The van der Waals surface area contributed by atoms with E-state index in [1.807, 2.05) is 12.3 Å². The van der Waals surface area contributed by atoms with Gasteiger partial charge in [0, 0.05) is 25.0 Å². The van der Waals surface area contributed by atoms with Crippen molar-refractivity contribution in [3.05, 3.63) is 23.5 Å². The summed E-state index contributed by atoms with van der Waals surface area (Å²) < 4.78 is 23.9. The van der Waals surface area contributed by atoms with E-state index in [-0.39, 0.29) is 17.1 Å². The summed E-state index contributed by atoms with van der Waals surface area (Å²) in [7, 11) is -2.97. The number of carbonyl (C=O) groups is 1. The quantitative estimate of drug-likeness (QED) is 0.889. The highest BCUT2D eigenvalue weighted by atomic mass is 32.2. The maximum Gasteiger partial charge on any atom is 0.255 e. The van der Waals surface area contributed by atoms with Gasteiger partial charge in [-0.25, -0.2) is 8.42 Å². The topological polar surface area (TPSA) is 70.2 Å². The summed E-state index contributed by atoms with van der Waals surface area (Å²) in [5, 5.41) is -0.324. The molecule has 1 aliphatic carbocycles. The van der Waals surface area contributed by atoms with Crippen molar-refractivity contribution < 1.29 is 13.2 Å². The molecule has 3 fully saturated rings. The third-order valence-electron chi connectivity index (χ3n) is 4.90. The summed E-state index contributed by atoms with van der Waals surface area (Å²) >= 11 is 0. The summed E-state index contributed by atoms with van der Waals surface area (Å²) in [5.41, 5.74) is 1.78. The van der Waals surface area contributed by atoms with E-state index in [1.165, 1.54) is 0 Å². The lowest BCUT2D eigenvalue weighted by Gasteiger charge is -2.17. The van der Waals surface area contributed by atoms with Gasteiger partial charge in [-0.05, 0) is 37.2 Å². The Bertz CT molecular complexity index is 660. The van der Waals surface area contributed by atoms with Gasteiger partial charge < -0.3 is 9.88 Å². The average Bonchev–Trinajstić information content (AvgIpc) is 2.89. The van der Waals surface area contributed by atoms with Crippen LogP contribution in [0.25, 0.3) is 0 Å². The lowest BCUT2D eigenvalue weighted by Crippen LogP contribution is -2.32. The van der Waals surface area contributed by atoms with Crippen LogP contribution >= 0.6 is 0 Å². The van der Waals surface area contributed by atoms with Gasteiger partial charge in [0.05, 0.1) is 16.6 Å². The van der Waals surface area contributed by atoms with Crippen molar-refractivity contribution in [2.75, 3.05) is 18.8 Å². The Morgan fingerprint density at radius 2 is 2.05 bits per heavy atom. The molecule has 1 aromatic heterocycles.